The summed E-state index contributed by atoms with van der Waals surface area (Å²) < 4.78 is 0. The van der Waals surface area contributed by atoms with Crippen LogP contribution >= 0.6 is 11.6 Å². The van der Waals surface area contributed by atoms with Gasteiger partial charge in [0.1, 0.15) is 0 Å². The van der Waals surface area contributed by atoms with Crippen molar-refractivity contribution >= 4 is 11.6 Å². The number of aryl methyl sites for hydroxylation is 1. The molecule has 0 saturated heterocycles. The second kappa shape index (κ2) is 2.77. The van der Waals surface area contributed by atoms with Crippen LogP contribution in [0.2, 0.25) is 0 Å². The molecule has 2 unspecified atom stereocenters. The van der Waals surface area contributed by atoms with Crippen molar-refractivity contribution in [3.63, 3.8) is 0 Å². The van der Waals surface area contributed by atoms with Crippen LogP contribution in [0.3, 0.4) is 0 Å². The van der Waals surface area contributed by atoms with E-state index in [4.69, 9.17) is 11.6 Å². The van der Waals surface area contributed by atoms with Gasteiger partial charge in [0.05, 0.1) is 5.38 Å². The van der Waals surface area contributed by atoms with Crippen LogP contribution in [0, 0.1) is 12.8 Å². The minimum Gasteiger partial charge on any atom is -0.118 e. The summed E-state index contributed by atoms with van der Waals surface area (Å²) in [5.74, 6) is 0.600. The van der Waals surface area contributed by atoms with E-state index in [2.05, 4.69) is 32.0 Å². The van der Waals surface area contributed by atoms with Crippen LogP contribution in [0.5, 0.6) is 0 Å². The van der Waals surface area contributed by atoms with E-state index >= 15 is 0 Å². The number of hydrogen-bond donors (Lipinski definition) is 0. The van der Waals surface area contributed by atoms with Crippen molar-refractivity contribution in [1.82, 2.24) is 0 Å². The molecule has 0 bridgehead atoms. The maximum atomic E-state index is 6.27. The summed E-state index contributed by atoms with van der Waals surface area (Å²) in [5.41, 5.74) is 4.22. The Bertz CT molecular complexity index is 304. The molecule has 0 amide bonds. The van der Waals surface area contributed by atoms with E-state index in [1.165, 1.54) is 16.7 Å². The number of halogens is 1. The van der Waals surface area contributed by atoms with Crippen LogP contribution in [0.4, 0.5) is 0 Å². The van der Waals surface area contributed by atoms with Crippen molar-refractivity contribution in [2.75, 3.05) is 0 Å². The predicted molar refractivity (Wildman–Crippen MR) is 52.6 cm³/mol. The first kappa shape index (κ1) is 8.12. The molecule has 0 aromatic heterocycles. The van der Waals surface area contributed by atoms with Gasteiger partial charge in [-0.2, -0.15) is 0 Å². The summed E-state index contributed by atoms with van der Waals surface area (Å²) in [6, 6.07) is 6.42. The van der Waals surface area contributed by atoms with Crippen LogP contribution in [0.15, 0.2) is 18.2 Å². The first-order valence-electron chi connectivity index (χ1n) is 4.42. The molecule has 0 nitrogen and oxygen atoms in total. The van der Waals surface area contributed by atoms with Crippen LogP contribution in [0.25, 0.3) is 0 Å². The quantitative estimate of drug-likeness (QED) is 0.537. The Kier molecular flexibility index (Phi) is 1.88. The van der Waals surface area contributed by atoms with Gasteiger partial charge in [-0.05, 0) is 36.0 Å². The highest BCUT2D eigenvalue weighted by Gasteiger charge is 2.27. The Morgan fingerprint density at radius 1 is 1.42 bits per heavy atom. The standard InChI is InChI=1S/C11H13Cl/c1-7-4-3-5-9-10(7)6-8(2)11(9)12/h3-5,8,11H,6H2,1-2H3. The zero-order chi connectivity index (χ0) is 8.72. The third kappa shape index (κ3) is 1.06. The highest BCUT2D eigenvalue weighted by molar-refractivity contribution is 6.21. The maximum Gasteiger partial charge on any atom is 0.0616 e. The van der Waals surface area contributed by atoms with Crippen molar-refractivity contribution < 1.29 is 0 Å². The lowest BCUT2D eigenvalue weighted by Crippen LogP contribution is -1.94. The number of benzene rings is 1. The maximum absolute atomic E-state index is 6.27. The summed E-state index contributed by atoms with van der Waals surface area (Å²) in [4.78, 5) is 0. The number of fused-ring (bicyclic) bond motifs is 1. The molecule has 0 spiro atoms. The fraction of sp³-hybridized carbons (Fsp3) is 0.455. The highest BCUT2D eigenvalue weighted by Crippen LogP contribution is 2.41. The molecule has 0 aliphatic heterocycles. The van der Waals surface area contributed by atoms with E-state index in [0.717, 1.165) is 6.42 Å². The molecule has 0 fully saturated rings. The lowest BCUT2D eigenvalue weighted by atomic mass is 10.0. The number of alkyl halides is 1. The molecule has 1 aliphatic carbocycles. The summed E-state index contributed by atoms with van der Waals surface area (Å²) in [5, 5.41) is 0.236. The Balaban J connectivity index is 2.53. The second-order valence-corrected chi connectivity index (χ2v) is 4.20. The van der Waals surface area contributed by atoms with Crippen LogP contribution in [-0.2, 0) is 6.42 Å². The molecule has 0 N–H and O–H groups in total. The van der Waals surface area contributed by atoms with Gasteiger partial charge in [0, 0.05) is 0 Å². The summed E-state index contributed by atoms with van der Waals surface area (Å²) >= 11 is 6.27. The van der Waals surface area contributed by atoms with Crippen molar-refractivity contribution in [2.45, 2.75) is 25.6 Å². The van der Waals surface area contributed by atoms with Gasteiger partial charge >= 0.3 is 0 Å². The Labute approximate surface area is 78.6 Å². The molecule has 0 heterocycles. The SMILES string of the molecule is Cc1cccc2c1CC(C)C2Cl. The van der Waals surface area contributed by atoms with E-state index in [0.29, 0.717) is 5.92 Å². The third-order valence-electron chi connectivity index (χ3n) is 2.77. The number of rotatable bonds is 0. The molecule has 1 heteroatoms. The third-order valence-corrected chi connectivity index (χ3v) is 3.43. The minimum atomic E-state index is 0.236. The van der Waals surface area contributed by atoms with E-state index in [1.54, 1.807) is 0 Å². The average Bonchev–Trinajstić information content (AvgIpc) is 2.32. The zero-order valence-electron chi connectivity index (χ0n) is 7.47. The lowest BCUT2D eigenvalue weighted by Gasteiger charge is -2.06. The largest absolute Gasteiger partial charge is 0.118 e. The van der Waals surface area contributed by atoms with Gasteiger partial charge in [0.15, 0.2) is 0 Å². The number of hydrogen-bond acceptors (Lipinski definition) is 0. The smallest absolute Gasteiger partial charge is 0.0616 e. The van der Waals surface area contributed by atoms with Crippen molar-refractivity contribution in [3.8, 4) is 0 Å². The second-order valence-electron chi connectivity index (χ2n) is 3.73. The molecule has 0 radical (unpaired) electrons. The molecule has 1 aromatic rings. The van der Waals surface area contributed by atoms with Crippen LogP contribution in [0.1, 0.15) is 29.0 Å². The predicted octanol–water partition coefficient (Wildman–Crippen LogP) is 3.47. The molecular formula is C11H13Cl. The molecule has 1 aliphatic rings. The first-order chi connectivity index (χ1) is 5.70. The van der Waals surface area contributed by atoms with E-state index in [1.807, 2.05) is 0 Å². The van der Waals surface area contributed by atoms with E-state index < -0.39 is 0 Å². The minimum absolute atomic E-state index is 0.236. The van der Waals surface area contributed by atoms with Gasteiger partial charge in [0.25, 0.3) is 0 Å². The average molecular weight is 181 g/mol. The fourth-order valence-corrected chi connectivity index (χ4v) is 2.29. The van der Waals surface area contributed by atoms with Crippen LogP contribution < -0.4 is 0 Å². The molecular weight excluding hydrogens is 168 g/mol. The molecule has 12 heavy (non-hydrogen) atoms. The Morgan fingerprint density at radius 2 is 2.17 bits per heavy atom. The Hall–Kier alpha value is -0.490. The van der Waals surface area contributed by atoms with Crippen molar-refractivity contribution in [3.05, 3.63) is 34.9 Å². The van der Waals surface area contributed by atoms with Gasteiger partial charge in [-0.15, -0.1) is 11.6 Å². The molecule has 2 rings (SSSR count). The summed E-state index contributed by atoms with van der Waals surface area (Å²) in [6.45, 7) is 4.39. The highest BCUT2D eigenvalue weighted by atomic mass is 35.5. The van der Waals surface area contributed by atoms with Crippen molar-refractivity contribution in [1.29, 1.82) is 0 Å². The topological polar surface area (TPSA) is 0 Å². The molecule has 1 aromatic carbocycles. The van der Waals surface area contributed by atoms with Gasteiger partial charge in [0.2, 0.25) is 0 Å². The fourth-order valence-electron chi connectivity index (χ4n) is 1.99. The van der Waals surface area contributed by atoms with Gasteiger partial charge < -0.3 is 0 Å². The Morgan fingerprint density at radius 3 is 2.83 bits per heavy atom. The molecule has 2 atom stereocenters. The van der Waals surface area contributed by atoms with Crippen molar-refractivity contribution in [2.24, 2.45) is 5.92 Å². The first-order valence-corrected chi connectivity index (χ1v) is 4.86. The monoisotopic (exact) mass is 180 g/mol. The van der Waals surface area contributed by atoms with Crippen LogP contribution in [-0.4, -0.2) is 0 Å². The summed E-state index contributed by atoms with van der Waals surface area (Å²) in [7, 11) is 0. The van der Waals surface area contributed by atoms with E-state index in [9.17, 15) is 0 Å². The zero-order valence-corrected chi connectivity index (χ0v) is 8.23. The van der Waals surface area contributed by atoms with E-state index in [-0.39, 0.29) is 5.38 Å². The van der Waals surface area contributed by atoms with Gasteiger partial charge in [-0.3, -0.25) is 0 Å². The van der Waals surface area contributed by atoms with Gasteiger partial charge in [-0.1, -0.05) is 25.1 Å². The molecule has 0 saturated carbocycles. The van der Waals surface area contributed by atoms with Gasteiger partial charge in [-0.25, -0.2) is 0 Å². The molecule has 64 valence electrons. The lowest BCUT2D eigenvalue weighted by molar-refractivity contribution is 0.608. The normalized spacial score (nSPS) is 27.2. The summed E-state index contributed by atoms with van der Waals surface area (Å²) in [6.07, 6.45) is 1.15.